The van der Waals surface area contributed by atoms with Crippen LogP contribution in [0.3, 0.4) is 0 Å². The number of hydrogen-bond donors (Lipinski definition) is 0. The molecular weight excluding hydrogens is 282 g/mol. The van der Waals surface area contributed by atoms with E-state index >= 15 is 0 Å². The highest BCUT2D eigenvalue weighted by Gasteiger charge is 2.37. The quantitative estimate of drug-likeness (QED) is 0.715. The average molecular weight is 305 g/mol. The summed E-state index contributed by atoms with van der Waals surface area (Å²) in [5.41, 5.74) is 7.08. The van der Waals surface area contributed by atoms with Crippen LogP contribution in [0, 0.1) is 5.41 Å². The van der Waals surface area contributed by atoms with Crippen molar-refractivity contribution in [2.75, 3.05) is 20.1 Å². The van der Waals surface area contributed by atoms with Crippen molar-refractivity contribution in [3.8, 4) is 0 Å². The molecular formula is C20H23N3. The van der Waals surface area contributed by atoms with E-state index in [0.29, 0.717) is 5.41 Å². The third-order valence-corrected chi connectivity index (χ3v) is 5.97. The predicted octanol–water partition coefficient (Wildman–Crippen LogP) is 3.74. The molecule has 1 aromatic heterocycles. The van der Waals surface area contributed by atoms with Crippen molar-refractivity contribution in [3.05, 3.63) is 47.4 Å². The second-order valence-electron chi connectivity index (χ2n) is 7.53. The van der Waals surface area contributed by atoms with E-state index in [1.807, 2.05) is 0 Å². The third-order valence-electron chi connectivity index (χ3n) is 5.97. The van der Waals surface area contributed by atoms with Gasteiger partial charge < -0.3 is 9.47 Å². The summed E-state index contributed by atoms with van der Waals surface area (Å²) in [5, 5.41) is 0. The summed E-state index contributed by atoms with van der Waals surface area (Å²) in [6.45, 7) is 2.41. The second kappa shape index (κ2) is 4.81. The smallest absolute Gasteiger partial charge is 0.0668 e. The third kappa shape index (κ3) is 2.03. The van der Waals surface area contributed by atoms with Crippen molar-refractivity contribution in [1.82, 2.24) is 9.47 Å². The lowest BCUT2D eigenvalue weighted by molar-refractivity contribution is 0.163. The highest BCUT2D eigenvalue weighted by molar-refractivity contribution is 6.12. The Morgan fingerprint density at radius 3 is 2.96 bits per heavy atom. The van der Waals surface area contributed by atoms with Gasteiger partial charge in [-0.2, -0.15) is 0 Å². The number of allylic oxidation sites excluding steroid dienone is 6. The summed E-state index contributed by atoms with van der Waals surface area (Å²) in [7, 11) is 2.24. The summed E-state index contributed by atoms with van der Waals surface area (Å²) in [6.07, 6.45) is 17.3. The van der Waals surface area contributed by atoms with E-state index in [4.69, 9.17) is 4.99 Å². The Hall–Kier alpha value is -1.87. The summed E-state index contributed by atoms with van der Waals surface area (Å²) in [4.78, 5) is 7.31. The fourth-order valence-corrected chi connectivity index (χ4v) is 4.59. The minimum Gasteiger partial charge on any atom is -0.314 e. The Kier molecular flexibility index (Phi) is 2.84. The Morgan fingerprint density at radius 2 is 2.09 bits per heavy atom. The molecule has 3 heterocycles. The highest BCUT2D eigenvalue weighted by Crippen LogP contribution is 2.45. The zero-order valence-corrected chi connectivity index (χ0v) is 13.8. The van der Waals surface area contributed by atoms with Gasteiger partial charge in [0.2, 0.25) is 0 Å². The average Bonchev–Trinajstić information content (AvgIpc) is 2.92. The fourth-order valence-electron chi connectivity index (χ4n) is 4.59. The highest BCUT2D eigenvalue weighted by atomic mass is 15.1. The van der Waals surface area contributed by atoms with E-state index in [2.05, 4.69) is 53.2 Å². The van der Waals surface area contributed by atoms with Crippen LogP contribution in [-0.4, -0.2) is 35.8 Å². The van der Waals surface area contributed by atoms with Crippen LogP contribution in [0.15, 0.2) is 41.2 Å². The van der Waals surface area contributed by atoms with Gasteiger partial charge in [-0.25, -0.2) is 0 Å². The number of likely N-dealkylation sites (tertiary alicyclic amines) is 1. The molecule has 0 saturated carbocycles. The van der Waals surface area contributed by atoms with Gasteiger partial charge in [-0.05, 0) is 75.4 Å². The van der Waals surface area contributed by atoms with Crippen LogP contribution in [0.1, 0.15) is 36.9 Å². The SMILES string of the molecule is CN1CCC2(C=C3C=NC4=C(C=CCC4)n4ccc(c43)C2)CC1. The van der Waals surface area contributed by atoms with Crippen molar-refractivity contribution < 1.29 is 0 Å². The molecule has 1 aromatic rings. The minimum absolute atomic E-state index is 0.341. The first kappa shape index (κ1) is 13.6. The maximum Gasteiger partial charge on any atom is 0.0668 e. The van der Waals surface area contributed by atoms with Crippen molar-refractivity contribution >= 4 is 17.5 Å². The monoisotopic (exact) mass is 305 g/mol. The van der Waals surface area contributed by atoms with Gasteiger partial charge in [0.25, 0.3) is 0 Å². The molecule has 5 rings (SSSR count). The van der Waals surface area contributed by atoms with E-state index in [9.17, 15) is 0 Å². The number of nitrogens with zero attached hydrogens (tertiary/aromatic N) is 3. The van der Waals surface area contributed by atoms with E-state index in [1.54, 1.807) is 0 Å². The first-order valence-corrected chi connectivity index (χ1v) is 8.80. The van der Waals surface area contributed by atoms with Gasteiger partial charge in [-0.3, -0.25) is 4.99 Å². The molecule has 3 heteroatoms. The van der Waals surface area contributed by atoms with Crippen LogP contribution in [0.2, 0.25) is 0 Å². The Balaban J connectivity index is 1.64. The van der Waals surface area contributed by atoms with Gasteiger partial charge in [0.15, 0.2) is 0 Å². The van der Waals surface area contributed by atoms with Gasteiger partial charge in [0, 0.05) is 18.0 Å². The number of rotatable bonds is 0. The molecule has 0 atom stereocenters. The molecule has 23 heavy (non-hydrogen) atoms. The number of hydrogen-bond acceptors (Lipinski definition) is 2. The standard InChI is InChI=1S/C20H23N3/c1-22-10-7-20(8-11-22)12-15-6-9-23-18-5-3-2-4-17(18)21-14-16(13-20)19(15)23/h3,5-6,9,13-14H,2,4,7-8,10-12H2,1H3. The van der Waals surface area contributed by atoms with Crippen molar-refractivity contribution in [2.24, 2.45) is 10.4 Å². The molecule has 1 spiro atoms. The molecule has 0 unspecified atom stereocenters. The summed E-state index contributed by atoms with van der Waals surface area (Å²) in [6, 6.07) is 2.34. The largest absolute Gasteiger partial charge is 0.314 e. The molecule has 2 aliphatic carbocycles. The first-order valence-electron chi connectivity index (χ1n) is 8.80. The number of aromatic nitrogens is 1. The molecule has 0 bridgehead atoms. The first-order chi connectivity index (χ1) is 11.2. The molecule has 4 aliphatic rings. The van der Waals surface area contributed by atoms with E-state index in [0.717, 1.165) is 12.8 Å². The molecule has 0 N–H and O–H groups in total. The zero-order valence-electron chi connectivity index (χ0n) is 13.8. The predicted molar refractivity (Wildman–Crippen MR) is 95.4 cm³/mol. The van der Waals surface area contributed by atoms with Crippen LogP contribution < -0.4 is 0 Å². The normalized spacial score (nSPS) is 25.2. The van der Waals surface area contributed by atoms with Crippen LogP contribution in [0.4, 0.5) is 0 Å². The van der Waals surface area contributed by atoms with E-state index in [1.165, 1.54) is 60.6 Å². The molecule has 1 fully saturated rings. The van der Waals surface area contributed by atoms with Gasteiger partial charge in [0.05, 0.1) is 17.1 Å². The maximum atomic E-state index is 4.86. The molecule has 1 saturated heterocycles. The van der Waals surface area contributed by atoms with Crippen LogP contribution in [0.25, 0.3) is 11.3 Å². The zero-order chi connectivity index (χ0) is 15.4. The minimum atomic E-state index is 0.341. The lowest BCUT2D eigenvalue weighted by Crippen LogP contribution is -2.39. The Bertz CT molecular complexity index is 780. The maximum absolute atomic E-state index is 4.86. The van der Waals surface area contributed by atoms with Crippen molar-refractivity contribution in [3.63, 3.8) is 0 Å². The second-order valence-corrected chi connectivity index (χ2v) is 7.53. The van der Waals surface area contributed by atoms with Gasteiger partial charge in [0.1, 0.15) is 0 Å². The van der Waals surface area contributed by atoms with Crippen LogP contribution >= 0.6 is 0 Å². The van der Waals surface area contributed by atoms with E-state index in [-0.39, 0.29) is 0 Å². The Labute approximate surface area is 137 Å². The van der Waals surface area contributed by atoms with Gasteiger partial charge >= 0.3 is 0 Å². The lowest BCUT2D eigenvalue weighted by Gasteiger charge is -2.41. The fraction of sp³-hybridized carbons (Fsp3) is 0.450. The number of aliphatic imine (C=N–C) groups is 1. The van der Waals surface area contributed by atoms with Gasteiger partial charge in [-0.1, -0.05) is 12.2 Å². The van der Waals surface area contributed by atoms with Crippen molar-refractivity contribution in [1.29, 1.82) is 0 Å². The summed E-state index contributed by atoms with van der Waals surface area (Å²) < 4.78 is 2.38. The molecule has 0 amide bonds. The lowest BCUT2D eigenvalue weighted by atomic mass is 9.69. The Morgan fingerprint density at radius 1 is 1.22 bits per heavy atom. The van der Waals surface area contributed by atoms with Crippen LogP contribution in [-0.2, 0) is 6.42 Å². The van der Waals surface area contributed by atoms with E-state index < -0.39 is 0 Å². The molecule has 3 nitrogen and oxygen atoms in total. The number of piperidine rings is 1. The topological polar surface area (TPSA) is 20.5 Å². The summed E-state index contributed by atoms with van der Waals surface area (Å²) in [5.74, 6) is 0. The molecule has 0 aromatic carbocycles. The molecule has 0 radical (unpaired) electrons. The summed E-state index contributed by atoms with van der Waals surface area (Å²) >= 11 is 0. The van der Waals surface area contributed by atoms with Gasteiger partial charge in [-0.15, -0.1) is 0 Å². The molecule has 2 aliphatic heterocycles. The van der Waals surface area contributed by atoms with Crippen LogP contribution in [0.5, 0.6) is 0 Å². The molecule has 118 valence electrons. The van der Waals surface area contributed by atoms with Crippen molar-refractivity contribution in [2.45, 2.75) is 32.1 Å². The number of fused-ring (bicyclic) bond motifs is 1.